The molecule has 2 aromatic carbocycles. The van der Waals surface area contributed by atoms with Gasteiger partial charge in [-0.1, -0.05) is 11.2 Å². The minimum absolute atomic E-state index is 0.164. The van der Waals surface area contributed by atoms with Gasteiger partial charge in [0.1, 0.15) is 6.54 Å². The fourth-order valence-electron chi connectivity index (χ4n) is 2.92. The average molecular weight is 426 g/mol. The Bertz CT molecular complexity index is 1160. The fraction of sp³-hybridized carbons (Fsp3) is 0.238. The van der Waals surface area contributed by atoms with Crippen molar-refractivity contribution in [1.29, 1.82) is 0 Å². The van der Waals surface area contributed by atoms with Crippen LogP contribution in [0, 0.1) is 0 Å². The summed E-state index contributed by atoms with van der Waals surface area (Å²) in [5, 5.41) is 6.46. The lowest BCUT2D eigenvalue weighted by molar-refractivity contribution is -0.116. The minimum atomic E-state index is -0.781. The lowest BCUT2D eigenvalue weighted by atomic mass is 10.1. The molecule has 1 N–H and O–H groups in total. The molecule has 0 spiro atoms. The van der Waals surface area contributed by atoms with Crippen molar-refractivity contribution < 1.29 is 23.6 Å². The van der Waals surface area contributed by atoms with Gasteiger partial charge in [-0.2, -0.15) is 0 Å². The van der Waals surface area contributed by atoms with Crippen molar-refractivity contribution >= 4 is 17.5 Å². The van der Waals surface area contributed by atoms with E-state index in [9.17, 15) is 14.4 Å². The number of methoxy groups -OCH3 is 2. The molecule has 0 aliphatic rings. The minimum Gasteiger partial charge on any atom is -0.493 e. The number of benzene rings is 2. The summed E-state index contributed by atoms with van der Waals surface area (Å²) in [6.45, 7) is -0.335. The molecular formula is C21H22N4O6. The number of aromatic nitrogens is 2. The van der Waals surface area contributed by atoms with Gasteiger partial charge in [-0.15, -0.1) is 0 Å². The lowest BCUT2D eigenvalue weighted by Gasteiger charge is -2.12. The SMILES string of the molecule is COc1ccc(-c2noc(=O)n2CC(=O)Nc2cccc(C(=O)N(C)C)c2)cc1OC. The highest BCUT2D eigenvalue weighted by molar-refractivity contribution is 5.97. The van der Waals surface area contributed by atoms with Crippen molar-refractivity contribution in [3.8, 4) is 22.9 Å². The number of amides is 2. The molecule has 0 saturated carbocycles. The summed E-state index contributed by atoms with van der Waals surface area (Å²) in [5.41, 5.74) is 1.36. The molecule has 10 nitrogen and oxygen atoms in total. The maximum Gasteiger partial charge on any atom is 0.442 e. The van der Waals surface area contributed by atoms with Crippen molar-refractivity contribution in [2.24, 2.45) is 0 Å². The maximum atomic E-state index is 12.6. The first-order valence-corrected chi connectivity index (χ1v) is 9.24. The van der Waals surface area contributed by atoms with E-state index < -0.39 is 11.7 Å². The zero-order chi connectivity index (χ0) is 22.5. The van der Waals surface area contributed by atoms with Crippen LogP contribution in [0.2, 0.25) is 0 Å². The molecule has 3 aromatic rings. The van der Waals surface area contributed by atoms with Crippen LogP contribution in [0.3, 0.4) is 0 Å². The van der Waals surface area contributed by atoms with Crippen LogP contribution in [0.25, 0.3) is 11.4 Å². The predicted octanol–water partition coefficient (Wildman–Crippen LogP) is 1.86. The highest BCUT2D eigenvalue weighted by atomic mass is 16.5. The summed E-state index contributed by atoms with van der Waals surface area (Å²) in [5.74, 6) is -0.347. The number of hydrogen-bond donors (Lipinski definition) is 1. The molecule has 0 aliphatic carbocycles. The van der Waals surface area contributed by atoms with E-state index in [1.807, 2.05) is 0 Å². The van der Waals surface area contributed by atoms with Gasteiger partial charge in [0.05, 0.1) is 14.2 Å². The molecule has 0 bridgehead atoms. The second-order valence-corrected chi connectivity index (χ2v) is 6.76. The Morgan fingerprint density at radius 1 is 1.10 bits per heavy atom. The quantitative estimate of drug-likeness (QED) is 0.613. The second-order valence-electron chi connectivity index (χ2n) is 6.76. The zero-order valence-corrected chi connectivity index (χ0v) is 17.5. The summed E-state index contributed by atoms with van der Waals surface area (Å²) in [7, 11) is 6.28. The Morgan fingerprint density at radius 2 is 1.84 bits per heavy atom. The van der Waals surface area contributed by atoms with Crippen molar-refractivity contribution in [2.75, 3.05) is 33.6 Å². The number of nitrogens with one attached hydrogen (secondary N) is 1. The van der Waals surface area contributed by atoms with Gasteiger partial charge in [-0.3, -0.25) is 14.1 Å². The van der Waals surface area contributed by atoms with Gasteiger partial charge in [-0.05, 0) is 36.4 Å². The van der Waals surface area contributed by atoms with E-state index in [4.69, 9.17) is 14.0 Å². The van der Waals surface area contributed by atoms with E-state index in [1.165, 1.54) is 19.1 Å². The Morgan fingerprint density at radius 3 is 2.52 bits per heavy atom. The third-order valence-electron chi connectivity index (χ3n) is 4.43. The average Bonchev–Trinajstić information content (AvgIpc) is 3.12. The summed E-state index contributed by atoms with van der Waals surface area (Å²) in [4.78, 5) is 38.3. The fourth-order valence-corrected chi connectivity index (χ4v) is 2.92. The van der Waals surface area contributed by atoms with Crippen LogP contribution >= 0.6 is 0 Å². The van der Waals surface area contributed by atoms with Gasteiger partial charge in [-0.25, -0.2) is 9.36 Å². The molecule has 0 radical (unpaired) electrons. The van der Waals surface area contributed by atoms with Crippen molar-refractivity contribution in [3.05, 3.63) is 58.6 Å². The van der Waals surface area contributed by atoms with Crippen LogP contribution in [0.15, 0.2) is 51.8 Å². The molecule has 1 heterocycles. The first-order valence-electron chi connectivity index (χ1n) is 9.24. The van der Waals surface area contributed by atoms with Crippen LogP contribution in [0.5, 0.6) is 11.5 Å². The zero-order valence-electron chi connectivity index (χ0n) is 17.5. The second kappa shape index (κ2) is 9.16. The summed E-state index contributed by atoms with van der Waals surface area (Å²) >= 11 is 0. The van der Waals surface area contributed by atoms with Gasteiger partial charge >= 0.3 is 5.76 Å². The van der Waals surface area contributed by atoms with Crippen LogP contribution in [-0.2, 0) is 11.3 Å². The molecule has 0 unspecified atom stereocenters. The summed E-state index contributed by atoms with van der Waals surface area (Å²) in [6.07, 6.45) is 0. The van der Waals surface area contributed by atoms with E-state index >= 15 is 0 Å². The van der Waals surface area contributed by atoms with Gasteiger partial charge in [0.2, 0.25) is 5.91 Å². The maximum absolute atomic E-state index is 12.6. The molecular weight excluding hydrogens is 404 g/mol. The normalized spacial score (nSPS) is 10.5. The molecule has 162 valence electrons. The number of anilines is 1. The van der Waals surface area contributed by atoms with Crippen LogP contribution in [-0.4, -0.2) is 54.8 Å². The molecule has 31 heavy (non-hydrogen) atoms. The third kappa shape index (κ3) is 4.74. The molecule has 10 heteroatoms. The van der Waals surface area contributed by atoms with E-state index in [2.05, 4.69) is 10.5 Å². The molecule has 0 aliphatic heterocycles. The Hall–Kier alpha value is -4.08. The van der Waals surface area contributed by atoms with Crippen LogP contribution in [0.4, 0.5) is 5.69 Å². The van der Waals surface area contributed by atoms with Gasteiger partial charge in [0.15, 0.2) is 17.3 Å². The monoisotopic (exact) mass is 426 g/mol. The predicted molar refractivity (Wildman–Crippen MR) is 112 cm³/mol. The smallest absolute Gasteiger partial charge is 0.442 e. The molecule has 0 saturated heterocycles. The number of nitrogens with zero attached hydrogens (tertiary/aromatic N) is 3. The first kappa shape index (κ1) is 21.6. The standard InChI is InChI=1S/C21H22N4O6/c1-24(2)20(27)14-6-5-7-15(10-14)22-18(26)12-25-19(23-31-21(25)28)13-8-9-16(29-3)17(11-13)30-4/h5-11H,12H2,1-4H3,(H,22,26). The largest absolute Gasteiger partial charge is 0.493 e. The van der Waals surface area contributed by atoms with E-state index in [-0.39, 0.29) is 18.3 Å². The van der Waals surface area contributed by atoms with Crippen molar-refractivity contribution in [2.45, 2.75) is 6.54 Å². The van der Waals surface area contributed by atoms with Crippen LogP contribution in [0.1, 0.15) is 10.4 Å². The number of hydrogen-bond acceptors (Lipinski definition) is 7. The summed E-state index contributed by atoms with van der Waals surface area (Å²) in [6, 6.07) is 11.5. The number of rotatable bonds is 7. The van der Waals surface area contributed by atoms with Crippen molar-refractivity contribution in [3.63, 3.8) is 0 Å². The molecule has 0 fully saturated rings. The highest BCUT2D eigenvalue weighted by Gasteiger charge is 2.18. The molecule has 0 atom stereocenters. The molecule has 2 amide bonds. The highest BCUT2D eigenvalue weighted by Crippen LogP contribution is 2.31. The van der Waals surface area contributed by atoms with Crippen molar-refractivity contribution in [1.82, 2.24) is 14.6 Å². The topological polar surface area (TPSA) is 116 Å². The number of ether oxygens (including phenoxy) is 2. The van der Waals surface area contributed by atoms with E-state index in [0.717, 1.165) is 4.57 Å². The Balaban J connectivity index is 1.83. The summed E-state index contributed by atoms with van der Waals surface area (Å²) < 4.78 is 16.3. The van der Waals surface area contributed by atoms with Gasteiger partial charge in [0, 0.05) is 30.9 Å². The lowest BCUT2D eigenvalue weighted by Crippen LogP contribution is -2.26. The van der Waals surface area contributed by atoms with Gasteiger partial charge < -0.3 is 19.7 Å². The number of carbonyl (C=O) groups excluding carboxylic acids is 2. The van der Waals surface area contributed by atoms with E-state index in [1.54, 1.807) is 56.6 Å². The number of carbonyl (C=O) groups is 2. The third-order valence-corrected chi connectivity index (χ3v) is 4.43. The van der Waals surface area contributed by atoms with E-state index in [0.29, 0.717) is 28.3 Å². The van der Waals surface area contributed by atoms with Crippen LogP contribution < -0.4 is 20.5 Å². The first-order chi connectivity index (χ1) is 14.8. The van der Waals surface area contributed by atoms with Gasteiger partial charge in [0.25, 0.3) is 5.91 Å². The Labute approximate surface area is 178 Å². The molecule has 3 rings (SSSR count). The molecule has 1 aromatic heterocycles. The Kier molecular flexibility index (Phi) is 6.39.